The van der Waals surface area contributed by atoms with E-state index in [2.05, 4.69) is 15.8 Å². The minimum Gasteiger partial charge on any atom is -0.395 e. The van der Waals surface area contributed by atoms with Gasteiger partial charge in [-0.05, 0) is 56.5 Å². The normalized spacial score (nSPS) is 17.7. The Morgan fingerprint density at radius 3 is 2.75 bits per heavy atom. The van der Waals surface area contributed by atoms with Gasteiger partial charge >= 0.3 is 0 Å². The first-order valence-corrected chi connectivity index (χ1v) is 9.44. The molecule has 7 heteroatoms. The summed E-state index contributed by atoms with van der Waals surface area (Å²) in [6.07, 6.45) is 9.97. The highest BCUT2D eigenvalue weighted by atomic mass is 32.1. The van der Waals surface area contributed by atoms with Crippen LogP contribution in [-0.2, 0) is 0 Å². The Bertz CT molecular complexity index is 647. The lowest BCUT2D eigenvalue weighted by Gasteiger charge is -2.14. The minimum absolute atomic E-state index is 0.160. The number of amides is 2. The third-order valence-electron chi connectivity index (χ3n) is 4.65. The summed E-state index contributed by atoms with van der Waals surface area (Å²) in [7, 11) is 0. The zero-order chi connectivity index (χ0) is 16.9. The number of carbonyl (C=O) groups is 2. The van der Waals surface area contributed by atoms with Crippen molar-refractivity contribution in [1.82, 2.24) is 14.6 Å². The van der Waals surface area contributed by atoms with Crippen molar-refractivity contribution in [3.8, 4) is 0 Å². The predicted octanol–water partition coefficient (Wildman–Crippen LogP) is 2.58. The summed E-state index contributed by atoms with van der Waals surface area (Å²) in [5.74, 6) is -0.394. The average Bonchev–Trinajstić information content (AvgIpc) is 3.25. The van der Waals surface area contributed by atoms with Crippen LogP contribution >= 0.6 is 11.5 Å². The molecule has 0 spiro atoms. The Kier molecular flexibility index (Phi) is 5.50. The molecule has 3 N–H and O–H groups in total. The van der Waals surface area contributed by atoms with Crippen molar-refractivity contribution in [3.63, 3.8) is 0 Å². The van der Waals surface area contributed by atoms with Crippen LogP contribution in [0.2, 0.25) is 0 Å². The van der Waals surface area contributed by atoms with Gasteiger partial charge in [-0.15, -0.1) is 0 Å². The summed E-state index contributed by atoms with van der Waals surface area (Å²) in [5, 5.41) is 2.89. The highest BCUT2D eigenvalue weighted by Crippen LogP contribution is 2.24. The largest absolute Gasteiger partial charge is 0.395 e. The molecule has 0 aromatic carbocycles. The average molecular weight is 348 g/mol. The highest BCUT2D eigenvalue weighted by Gasteiger charge is 2.27. The lowest BCUT2D eigenvalue weighted by molar-refractivity contribution is 0.0789. The highest BCUT2D eigenvalue weighted by molar-refractivity contribution is 7.09. The quantitative estimate of drug-likeness (QED) is 0.801. The molecule has 6 nitrogen and oxygen atoms in total. The second-order valence-electron chi connectivity index (χ2n) is 6.39. The van der Waals surface area contributed by atoms with Crippen LogP contribution < -0.4 is 11.1 Å². The number of likely N-dealkylation sites (tertiary alicyclic amines) is 1. The van der Waals surface area contributed by atoms with Crippen LogP contribution in [0.3, 0.4) is 0 Å². The molecular formula is C17H24N4O2S. The zero-order valence-electron chi connectivity index (χ0n) is 13.8. The number of nitrogens with zero attached hydrogens (tertiary/aromatic N) is 2. The van der Waals surface area contributed by atoms with E-state index in [-0.39, 0.29) is 23.2 Å². The van der Waals surface area contributed by atoms with E-state index >= 15 is 0 Å². The first kappa shape index (κ1) is 17.0. The van der Waals surface area contributed by atoms with Gasteiger partial charge in [0.25, 0.3) is 11.8 Å². The molecule has 3 rings (SSSR count). The number of hydrogen-bond acceptors (Lipinski definition) is 5. The number of carbonyl (C=O) groups excluding carboxylic acids is 2. The van der Waals surface area contributed by atoms with E-state index in [1.54, 1.807) is 4.90 Å². The molecule has 2 heterocycles. The van der Waals surface area contributed by atoms with E-state index in [9.17, 15) is 9.59 Å². The van der Waals surface area contributed by atoms with Gasteiger partial charge in [-0.1, -0.05) is 11.6 Å². The molecule has 24 heavy (non-hydrogen) atoms. The predicted molar refractivity (Wildman–Crippen MR) is 95.2 cm³/mol. The third-order valence-corrected chi connectivity index (χ3v) is 5.51. The number of nitrogen functional groups attached to an aromatic ring is 1. The summed E-state index contributed by atoms with van der Waals surface area (Å²) in [6.45, 7) is 2.08. The first-order valence-electron chi connectivity index (χ1n) is 8.67. The Morgan fingerprint density at radius 1 is 1.25 bits per heavy atom. The molecule has 1 aromatic heterocycles. The maximum absolute atomic E-state index is 12.4. The molecule has 1 aliphatic heterocycles. The molecule has 0 saturated carbocycles. The monoisotopic (exact) mass is 348 g/mol. The van der Waals surface area contributed by atoms with Crippen molar-refractivity contribution >= 4 is 29.0 Å². The number of nitrogens with one attached hydrogen (secondary N) is 1. The molecule has 2 aliphatic rings. The topological polar surface area (TPSA) is 88.3 Å². The molecule has 1 fully saturated rings. The molecule has 0 radical (unpaired) electrons. The van der Waals surface area contributed by atoms with E-state index in [4.69, 9.17) is 5.73 Å². The van der Waals surface area contributed by atoms with Crippen molar-refractivity contribution in [2.75, 3.05) is 25.4 Å². The number of aromatic nitrogens is 1. The second kappa shape index (κ2) is 7.79. The van der Waals surface area contributed by atoms with E-state index < -0.39 is 0 Å². The summed E-state index contributed by atoms with van der Waals surface area (Å²) in [5.41, 5.74) is 7.87. The number of hydrogen-bond donors (Lipinski definition) is 2. The van der Waals surface area contributed by atoms with Gasteiger partial charge < -0.3 is 16.0 Å². The number of rotatable bonds is 5. The van der Waals surface area contributed by atoms with Crippen LogP contribution in [0.1, 0.15) is 65.1 Å². The first-order chi connectivity index (χ1) is 11.7. The Morgan fingerprint density at radius 2 is 2.04 bits per heavy atom. The standard InChI is InChI=1S/C17H24N4O2S/c18-13-14(17(23)21-10-4-5-11-21)20-24-15(13)16(22)19-9-8-12-6-2-1-3-7-12/h6H,1-5,7-11,18H2,(H,19,22). The number of nitrogens with two attached hydrogens (primary N) is 1. The zero-order valence-corrected chi connectivity index (χ0v) is 14.7. The summed E-state index contributed by atoms with van der Waals surface area (Å²) >= 11 is 1.01. The number of allylic oxidation sites excluding steroid dienone is 1. The van der Waals surface area contributed by atoms with Gasteiger partial charge in [0.1, 0.15) is 4.88 Å². The van der Waals surface area contributed by atoms with E-state index in [0.29, 0.717) is 11.4 Å². The van der Waals surface area contributed by atoms with Gasteiger partial charge in [-0.25, -0.2) is 0 Å². The van der Waals surface area contributed by atoms with E-state index in [1.165, 1.54) is 18.4 Å². The van der Waals surface area contributed by atoms with Crippen LogP contribution in [0.4, 0.5) is 5.69 Å². The molecular weight excluding hydrogens is 324 g/mol. The van der Waals surface area contributed by atoms with Crippen molar-refractivity contribution in [2.24, 2.45) is 0 Å². The summed E-state index contributed by atoms with van der Waals surface area (Å²) < 4.78 is 4.13. The number of anilines is 1. The fourth-order valence-electron chi connectivity index (χ4n) is 3.23. The van der Waals surface area contributed by atoms with Crippen LogP contribution in [0.15, 0.2) is 11.6 Å². The maximum Gasteiger partial charge on any atom is 0.275 e. The smallest absolute Gasteiger partial charge is 0.275 e. The molecule has 1 aromatic rings. The van der Waals surface area contributed by atoms with Gasteiger partial charge in [-0.2, -0.15) is 4.37 Å². The summed E-state index contributed by atoms with van der Waals surface area (Å²) in [4.78, 5) is 26.8. The van der Waals surface area contributed by atoms with Crippen LogP contribution in [-0.4, -0.2) is 40.7 Å². The van der Waals surface area contributed by atoms with Gasteiger partial charge in [0.15, 0.2) is 5.69 Å². The molecule has 130 valence electrons. The van der Waals surface area contributed by atoms with Crippen molar-refractivity contribution in [1.29, 1.82) is 0 Å². The summed E-state index contributed by atoms with van der Waals surface area (Å²) in [6, 6.07) is 0. The fourth-order valence-corrected chi connectivity index (χ4v) is 3.94. The SMILES string of the molecule is Nc1c(C(=O)N2CCCC2)nsc1C(=O)NCCC1=CCCCC1. The minimum atomic E-state index is -0.234. The Labute approximate surface area is 146 Å². The van der Waals surface area contributed by atoms with Crippen LogP contribution in [0, 0.1) is 0 Å². The molecule has 2 amide bonds. The third kappa shape index (κ3) is 3.77. The van der Waals surface area contributed by atoms with E-state index in [1.807, 2.05) is 0 Å². The lowest BCUT2D eigenvalue weighted by atomic mass is 9.97. The van der Waals surface area contributed by atoms with Gasteiger partial charge in [0.05, 0.1) is 5.69 Å². The van der Waals surface area contributed by atoms with Crippen molar-refractivity contribution < 1.29 is 9.59 Å². The Balaban J connectivity index is 1.57. The fraction of sp³-hybridized carbons (Fsp3) is 0.588. The van der Waals surface area contributed by atoms with Crippen molar-refractivity contribution in [3.05, 3.63) is 22.2 Å². The molecule has 1 aliphatic carbocycles. The second-order valence-corrected chi connectivity index (χ2v) is 7.16. The van der Waals surface area contributed by atoms with Crippen molar-refractivity contribution in [2.45, 2.75) is 44.9 Å². The van der Waals surface area contributed by atoms with Crippen LogP contribution in [0.5, 0.6) is 0 Å². The van der Waals surface area contributed by atoms with E-state index in [0.717, 1.165) is 56.7 Å². The maximum atomic E-state index is 12.4. The molecule has 1 saturated heterocycles. The lowest BCUT2D eigenvalue weighted by Crippen LogP contribution is -2.29. The van der Waals surface area contributed by atoms with Gasteiger partial charge in [0, 0.05) is 19.6 Å². The Hall–Kier alpha value is -1.89. The molecule has 0 bridgehead atoms. The molecule has 0 atom stereocenters. The van der Waals surface area contributed by atoms with Gasteiger partial charge in [-0.3, -0.25) is 9.59 Å². The van der Waals surface area contributed by atoms with Crippen LogP contribution in [0.25, 0.3) is 0 Å². The molecule has 0 unspecified atom stereocenters. The van der Waals surface area contributed by atoms with Gasteiger partial charge in [0.2, 0.25) is 0 Å².